The Labute approximate surface area is 148 Å². The Balaban J connectivity index is 3.62. The van der Waals surface area contributed by atoms with Crippen molar-refractivity contribution in [3.05, 3.63) is 0 Å². The topological polar surface area (TPSA) is 113 Å². The van der Waals surface area contributed by atoms with E-state index < -0.39 is 24.5 Å². The van der Waals surface area contributed by atoms with Gasteiger partial charge in [-0.3, -0.25) is 0 Å². The van der Waals surface area contributed by atoms with Gasteiger partial charge in [-0.2, -0.15) is 0 Å². The zero-order valence-electron chi connectivity index (χ0n) is 15.8. The molecule has 0 aliphatic rings. The maximum atomic E-state index is 10.4. The van der Waals surface area contributed by atoms with E-state index in [4.69, 9.17) is 16.6 Å². The summed E-state index contributed by atoms with van der Waals surface area (Å²) in [6.45, 7) is 1.78. The molecule has 0 aromatic rings. The molecule has 2 atom stereocenters. The zero-order valence-corrected chi connectivity index (χ0v) is 15.8. The van der Waals surface area contributed by atoms with Gasteiger partial charge in [0.1, 0.15) is 6.10 Å². The largest absolute Gasteiger partial charge is 0.394 e. The van der Waals surface area contributed by atoms with Crippen LogP contribution in [0.3, 0.4) is 0 Å². The van der Waals surface area contributed by atoms with Crippen molar-refractivity contribution >= 4 is 0 Å². The van der Waals surface area contributed by atoms with Crippen LogP contribution in [0.25, 0.3) is 0 Å². The molecule has 0 aliphatic carbocycles. The maximum Gasteiger partial charge on any atom is 0.106 e. The first-order valence-electron chi connectivity index (χ1n) is 9.98. The number of hydrogen-bond acceptors (Lipinski definition) is 5. The van der Waals surface area contributed by atoms with E-state index in [1.54, 1.807) is 0 Å². The van der Waals surface area contributed by atoms with E-state index in [2.05, 4.69) is 6.92 Å². The van der Waals surface area contributed by atoms with Crippen LogP contribution in [-0.2, 0) is 0 Å². The summed E-state index contributed by atoms with van der Waals surface area (Å²) in [4.78, 5) is 0. The van der Waals surface area contributed by atoms with Gasteiger partial charge in [0, 0.05) is 6.42 Å². The van der Waals surface area contributed by atoms with Crippen LogP contribution in [0.2, 0.25) is 0 Å². The lowest BCUT2D eigenvalue weighted by molar-refractivity contribution is -0.108. The minimum absolute atomic E-state index is 0.104. The number of aliphatic hydroxyl groups excluding tert-OH is 2. The van der Waals surface area contributed by atoms with E-state index in [0.29, 0.717) is 6.42 Å². The molecule has 5 nitrogen and oxygen atoms in total. The van der Waals surface area contributed by atoms with Crippen molar-refractivity contribution in [1.82, 2.24) is 0 Å². The molecule has 0 rings (SSSR count). The van der Waals surface area contributed by atoms with Crippen LogP contribution in [0.4, 0.5) is 0 Å². The van der Waals surface area contributed by atoms with E-state index in [1.165, 1.54) is 57.8 Å². The molecule has 0 aliphatic heterocycles. The third-order valence-electron chi connectivity index (χ3n) is 4.85. The van der Waals surface area contributed by atoms with Crippen molar-refractivity contribution in [2.75, 3.05) is 6.61 Å². The van der Waals surface area contributed by atoms with Crippen LogP contribution in [-0.4, -0.2) is 39.8 Å². The molecule has 5 heteroatoms. The van der Waals surface area contributed by atoms with Crippen molar-refractivity contribution < 1.29 is 15.3 Å². The van der Waals surface area contributed by atoms with Crippen molar-refractivity contribution in [1.29, 1.82) is 0 Å². The average molecular weight is 347 g/mol. The molecule has 0 amide bonds. The summed E-state index contributed by atoms with van der Waals surface area (Å²) in [6.07, 6.45) is 13.6. The summed E-state index contributed by atoms with van der Waals surface area (Å²) < 4.78 is 0. The molecular formula is C19H42N2O3. The highest BCUT2D eigenvalue weighted by Crippen LogP contribution is 2.24. The fourth-order valence-electron chi connectivity index (χ4n) is 3.25. The summed E-state index contributed by atoms with van der Waals surface area (Å²) in [5.74, 6) is 0. The van der Waals surface area contributed by atoms with Gasteiger partial charge >= 0.3 is 0 Å². The third kappa shape index (κ3) is 12.2. The first-order chi connectivity index (χ1) is 11.5. The molecule has 0 heterocycles. The second-order valence-corrected chi connectivity index (χ2v) is 7.31. The van der Waals surface area contributed by atoms with Crippen molar-refractivity contribution in [2.45, 2.75) is 115 Å². The number of unbranched alkanes of at least 4 members (excludes halogenated alkanes) is 11. The van der Waals surface area contributed by atoms with E-state index in [0.717, 1.165) is 19.3 Å². The highest BCUT2D eigenvalue weighted by Gasteiger charge is 2.35. The molecule has 146 valence electrons. The Morgan fingerprint density at radius 3 is 1.58 bits per heavy atom. The molecule has 0 radical (unpaired) electrons. The molecular weight excluding hydrogens is 304 g/mol. The van der Waals surface area contributed by atoms with Gasteiger partial charge in [-0.1, -0.05) is 84.0 Å². The Kier molecular flexibility index (Phi) is 15.0. The Morgan fingerprint density at radius 2 is 1.21 bits per heavy atom. The van der Waals surface area contributed by atoms with Gasteiger partial charge in [0.2, 0.25) is 0 Å². The van der Waals surface area contributed by atoms with Crippen LogP contribution in [0, 0.1) is 0 Å². The van der Waals surface area contributed by atoms with Gasteiger partial charge in [0.15, 0.2) is 0 Å². The second-order valence-electron chi connectivity index (χ2n) is 7.31. The van der Waals surface area contributed by atoms with Gasteiger partial charge in [0.25, 0.3) is 0 Å². The lowest BCUT2D eigenvalue weighted by Crippen LogP contribution is -2.50. The van der Waals surface area contributed by atoms with Gasteiger partial charge in [0.05, 0.1) is 18.4 Å². The fraction of sp³-hybridized carbons (Fsp3) is 1.00. The van der Waals surface area contributed by atoms with Crippen LogP contribution < -0.4 is 11.5 Å². The van der Waals surface area contributed by atoms with Crippen LogP contribution >= 0.6 is 0 Å². The SMILES string of the molecule is CCCCCCCCCCCCCCC(O)(CC(N)N)C(O)CO. The summed E-state index contributed by atoms with van der Waals surface area (Å²) in [7, 11) is 0. The first-order valence-corrected chi connectivity index (χ1v) is 9.98. The minimum Gasteiger partial charge on any atom is -0.394 e. The second kappa shape index (κ2) is 15.1. The van der Waals surface area contributed by atoms with E-state index >= 15 is 0 Å². The molecule has 2 unspecified atom stereocenters. The number of rotatable bonds is 17. The lowest BCUT2D eigenvalue weighted by atomic mass is 9.86. The van der Waals surface area contributed by atoms with Crippen LogP contribution in [0.15, 0.2) is 0 Å². The fourth-order valence-corrected chi connectivity index (χ4v) is 3.25. The molecule has 0 saturated carbocycles. The highest BCUT2D eigenvalue weighted by atomic mass is 16.4. The molecule has 7 N–H and O–H groups in total. The monoisotopic (exact) mass is 346 g/mol. The minimum atomic E-state index is -1.37. The van der Waals surface area contributed by atoms with E-state index in [-0.39, 0.29) is 6.42 Å². The van der Waals surface area contributed by atoms with Crippen molar-refractivity contribution in [3.8, 4) is 0 Å². The average Bonchev–Trinajstić information content (AvgIpc) is 2.54. The molecule has 0 saturated heterocycles. The molecule has 0 bridgehead atoms. The third-order valence-corrected chi connectivity index (χ3v) is 4.85. The molecule has 0 fully saturated rings. The molecule has 24 heavy (non-hydrogen) atoms. The smallest absolute Gasteiger partial charge is 0.106 e. The zero-order chi connectivity index (χ0) is 18.3. The van der Waals surface area contributed by atoms with Crippen LogP contribution in [0.1, 0.15) is 96.8 Å². The number of aliphatic hydroxyl groups is 3. The molecule has 0 aromatic carbocycles. The summed E-state index contributed by atoms with van der Waals surface area (Å²) in [6, 6.07) is 0. The number of nitrogens with two attached hydrogens (primary N) is 2. The summed E-state index contributed by atoms with van der Waals surface area (Å²) in [5.41, 5.74) is 9.69. The van der Waals surface area contributed by atoms with Gasteiger partial charge in [-0.25, -0.2) is 0 Å². The molecule has 0 aromatic heterocycles. The van der Waals surface area contributed by atoms with E-state index in [9.17, 15) is 10.2 Å². The van der Waals surface area contributed by atoms with Crippen molar-refractivity contribution in [2.24, 2.45) is 11.5 Å². The first kappa shape index (κ1) is 23.8. The normalized spacial score (nSPS) is 15.6. The molecule has 0 spiro atoms. The summed E-state index contributed by atoms with van der Waals surface area (Å²) >= 11 is 0. The van der Waals surface area contributed by atoms with Gasteiger partial charge in [-0.05, 0) is 6.42 Å². The Morgan fingerprint density at radius 1 is 0.792 bits per heavy atom. The number of hydrogen-bond donors (Lipinski definition) is 5. The predicted octanol–water partition coefficient (Wildman–Crippen LogP) is 2.80. The highest BCUT2D eigenvalue weighted by molar-refractivity contribution is 4.88. The Hall–Kier alpha value is -0.200. The predicted molar refractivity (Wildman–Crippen MR) is 101 cm³/mol. The standard InChI is InChI=1S/C19H42N2O3/c1-2-3-4-5-6-7-8-9-10-11-12-13-14-19(24,15-18(20)21)17(23)16-22/h17-18,22-24H,2-16,20-21H2,1H3. The van der Waals surface area contributed by atoms with Crippen LogP contribution in [0.5, 0.6) is 0 Å². The summed E-state index contributed by atoms with van der Waals surface area (Å²) in [5, 5.41) is 29.3. The van der Waals surface area contributed by atoms with Gasteiger partial charge < -0.3 is 26.8 Å². The van der Waals surface area contributed by atoms with Crippen molar-refractivity contribution in [3.63, 3.8) is 0 Å². The van der Waals surface area contributed by atoms with Gasteiger partial charge in [-0.15, -0.1) is 0 Å². The van der Waals surface area contributed by atoms with E-state index in [1.807, 2.05) is 0 Å². The lowest BCUT2D eigenvalue weighted by Gasteiger charge is -2.33. The quantitative estimate of drug-likeness (QED) is 0.205. The maximum absolute atomic E-state index is 10.4. The Bertz CT molecular complexity index is 277.